The normalized spacial score (nSPS) is 10.7. The Kier molecular flexibility index (Phi) is 8.81. The smallest absolute Gasteiger partial charge is 0.307 e. The number of benzene rings is 2. The molecule has 2 aromatic carbocycles. The zero-order valence-electron chi connectivity index (χ0n) is 16.6. The van der Waals surface area contributed by atoms with Gasteiger partial charge in [0.25, 0.3) is 5.91 Å². The molecule has 0 fully saturated rings. The lowest BCUT2D eigenvalue weighted by Crippen LogP contribution is -2.28. The number of halogens is 1. The number of rotatable bonds is 10. The minimum absolute atomic E-state index is 0.0264. The standard InChI is InChI=1S/C20H20ClN3O6S/c1-2-29-16-5-7-17(8-6-16)31(27,28)23-10-9-20(26)30-13-19(25)24-18-11-15(21)4-3-14(18)12-22/h3-8,11,23H,2,9-10,13H2,1H3,(H,24,25). The number of carbonyl (C=O) groups is 2. The van der Waals surface area contributed by atoms with Gasteiger partial charge in [-0.25, -0.2) is 13.1 Å². The van der Waals surface area contributed by atoms with Crippen molar-refractivity contribution in [3.05, 3.63) is 53.1 Å². The van der Waals surface area contributed by atoms with Gasteiger partial charge in [-0.3, -0.25) is 9.59 Å². The first kappa shape index (κ1) is 24.1. The minimum atomic E-state index is -3.81. The molecule has 0 bridgehead atoms. The molecule has 31 heavy (non-hydrogen) atoms. The van der Waals surface area contributed by atoms with Crippen LogP contribution in [0.3, 0.4) is 0 Å². The number of nitrogens with one attached hydrogen (secondary N) is 2. The maximum atomic E-state index is 12.2. The highest BCUT2D eigenvalue weighted by molar-refractivity contribution is 7.89. The van der Waals surface area contributed by atoms with Crippen LogP contribution in [0, 0.1) is 11.3 Å². The summed E-state index contributed by atoms with van der Waals surface area (Å²) < 4.78 is 36.8. The molecule has 0 aliphatic carbocycles. The van der Waals surface area contributed by atoms with E-state index in [1.54, 1.807) is 0 Å². The molecule has 0 heterocycles. The van der Waals surface area contributed by atoms with Gasteiger partial charge in [0.2, 0.25) is 10.0 Å². The van der Waals surface area contributed by atoms with Gasteiger partial charge in [0.05, 0.1) is 29.2 Å². The SMILES string of the molecule is CCOc1ccc(S(=O)(=O)NCCC(=O)OCC(=O)Nc2cc(Cl)ccc2C#N)cc1. The molecule has 2 N–H and O–H groups in total. The van der Waals surface area contributed by atoms with Crippen LogP contribution in [0.2, 0.25) is 5.02 Å². The molecular weight excluding hydrogens is 446 g/mol. The Balaban J connectivity index is 1.78. The molecule has 11 heteroatoms. The fourth-order valence-electron chi connectivity index (χ4n) is 2.37. The van der Waals surface area contributed by atoms with Gasteiger partial charge in [-0.1, -0.05) is 11.6 Å². The van der Waals surface area contributed by atoms with E-state index in [4.69, 9.17) is 26.3 Å². The Hall–Kier alpha value is -3.13. The highest BCUT2D eigenvalue weighted by Gasteiger charge is 2.15. The molecule has 164 valence electrons. The monoisotopic (exact) mass is 465 g/mol. The second kappa shape index (κ2) is 11.3. The highest BCUT2D eigenvalue weighted by Crippen LogP contribution is 2.20. The van der Waals surface area contributed by atoms with Crippen molar-refractivity contribution in [3.8, 4) is 11.8 Å². The van der Waals surface area contributed by atoms with E-state index in [1.165, 1.54) is 42.5 Å². The van der Waals surface area contributed by atoms with Gasteiger partial charge >= 0.3 is 5.97 Å². The first-order chi connectivity index (χ1) is 14.7. The van der Waals surface area contributed by atoms with Crippen LogP contribution in [-0.4, -0.2) is 40.1 Å². The molecule has 2 rings (SSSR count). The molecule has 2 aromatic rings. The third-order valence-corrected chi connectivity index (χ3v) is 5.52. The molecule has 0 saturated heterocycles. The Morgan fingerprint density at radius 2 is 1.87 bits per heavy atom. The minimum Gasteiger partial charge on any atom is -0.494 e. The molecule has 0 spiro atoms. The zero-order chi connectivity index (χ0) is 22.9. The van der Waals surface area contributed by atoms with Gasteiger partial charge in [-0.15, -0.1) is 0 Å². The Bertz CT molecular complexity index is 1080. The maximum Gasteiger partial charge on any atom is 0.307 e. The first-order valence-electron chi connectivity index (χ1n) is 9.13. The number of esters is 1. The second-order valence-electron chi connectivity index (χ2n) is 6.06. The van der Waals surface area contributed by atoms with Gasteiger partial charge in [0.15, 0.2) is 6.61 Å². The Labute approximate surface area is 185 Å². The Morgan fingerprint density at radius 1 is 1.16 bits per heavy atom. The number of amides is 1. The van der Waals surface area contributed by atoms with Gasteiger partial charge in [0, 0.05) is 11.6 Å². The quantitative estimate of drug-likeness (QED) is 0.514. The van der Waals surface area contributed by atoms with Gasteiger partial charge in [-0.05, 0) is 49.4 Å². The van der Waals surface area contributed by atoms with E-state index in [9.17, 15) is 18.0 Å². The predicted molar refractivity (Wildman–Crippen MR) is 113 cm³/mol. The summed E-state index contributed by atoms with van der Waals surface area (Å²) in [5, 5.41) is 11.8. The van der Waals surface area contributed by atoms with Crippen molar-refractivity contribution in [2.75, 3.05) is 25.1 Å². The molecule has 0 aliphatic heterocycles. The summed E-state index contributed by atoms with van der Waals surface area (Å²) in [6.07, 6.45) is -0.274. The van der Waals surface area contributed by atoms with Gasteiger partial charge in [-0.2, -0.15) is 5.26 Å². The highest BCUT2D eigenvalue weighted by atomic mass is 35.5. The fourth-order valence-corrected chi connectivity index (χ4v) is 3.58. The van der Waals surface area contributed by atoms with Crippen molar-refractivity contribution < 1.29 is 27.5 Å². The molecule has 0 saturated carbocycles. The average Bonchev–Trinajstić information content (AvgIpc) is 2.73. The van der Waals surface area contributed by atoms with Crippen LogP contribution >= 0.6 is 11.6 Å². The molecular formula is C20H20ClN3O6S. The molecule has 0 unspecified atom stereocenters. The van der Waals surface area contributed by atoms with E-state index in [-0.39, 0.29) is 29.1 Å². The van der Waals surface area contributed by atoms with Crippen LogP contribution in [0.1, 0.15) is 18.9 Å². The van der Waals surface area contributed by atoms with E-state index in [0.29, 0.717) is 17.4 Å². The van der Waals surface area contributed by atoms with E-state index in [1.807, 2.05) is 13.0 Å². The fraction of sp³-hybridized carbons (Fsp3) is 0.250. The van der Waals surface area contributed by atoms with Gasteiger partial charge in [0.1, 0.15) is 11.8 Å². The number of nitrogens with zero attached hydrogens (tertiary/aromatic N) is 1. The lowest BCUT2D eigenvalue weighted by molar-refractivity contribution is -0.147. The number of hydrogen-bond acceptors (Lipinski definition) is 7. The van der Waals surface area contributed by atoms with Crippen LogP contribution in [0.15, 0.2) is 47.4 Å². The first-order valence-corrected chi connectivity index (χ1v) is 11.0. The summed E-state index contributed by atoms with van der Waals surface area (Å²) in [4.78, 5) is 23.7. The molecule has 1 amide bonds. The van der Waals surface area contributed by atoms with Crippen molar-refractivity contribution in [3.63, 3.8) is 0 Å². The van der Waals surface area contributed by atoms with Crippen LogP contribution in [0.4, 0.5) is 5.69 Å². The summed E-state index contributed by atoms with van der Waals surface area (Å²) in [6.45, 7) is 1.48. The molecule has 0 aliphatic rings. The topological polar surface area (TPSA) is 135 Å². The van der Waals surface area contributed by atoms with Crippen LogP contribution in [0.25, 0.3) is 0 Å². The van der Waals surface area contributed by atoms with Crippen molar-refractivity contribution in [2.24, 2.45) is 0 Å². The number of ether oxygens (including phenoxy) is 2. The van der Waals surface area contributed by atoms with Crippen molar-refractivity contribution >= 4 is 39.2 Å². The number of nitriles is 1. The van der Waals surface area contributed by atoms with Crippen LogP contribution in [-0.2, 0) is 24.3 Å². The van der Waals surface area contributed by atoms with Crippen LogP contribution in [0.5, 0.6) is 5.75 Å². The lowest BCUT2D eigenvalue weighted by Gasteiger charge is -2.09. The summed E-state index contributed by atoms with van der Waals surface area (Å²) in [5.41, 5.74) is 0.395. The Morgan fingerprint density at radius 3 is 2.52 bits per heavy atom. The number of carbonyl (C=O) groups excluding carboxylic acids is 2. The van der Waals surface area contributed by atoms with Crippen molar-refractivity contribution in [2.45, 2.75) is 18.2 Å². The van der Waals surface area contributed by atoms with E-state index >= 15 is 0 Å². The molecule has 0 aromatic heterocycles. The molecule has 9 nitrogen and oxygen atoms in total. The summed E-state index contributed by atoms with van der Waals surface area (Å²) in [5.74, 6) is -0.888. The second-order valence-corrected chi connectivity index (χ2v) is 8.27. The summed E-state index contributed by atoms with van der Waals surface area (Å²) >= 11 is 5.84. The lowest BCUT2D eigenvalue weighted by atomic mass is 10.2. The van der Waals surface area contributed by atoms with Gasteiger partial charge < -0.3 is 14.8 Å². The predicted octanol–water partition coefficient (Wildman–Crippen LogP) is 2.46. The van der Waals surface area contributed by atoms with Crippen molar-refractivity contribution in [1.82, 2.24) is 4.72 Å². The van der Waals surface area contributed by atoms with E-state index in [0.717, 1.165) is 0 Å². The summed E-state index contributed by atoms with van der Waals surface area (Å²) in [7, 11) is -3.81. The van der Waals surface area contributed by atoms with E-state index < -0.39 is 28.5 Å². The third-order valence-electron chi connectivity index (χ3n) is 3.81. The summed E-state index contributed by atoms with van der Waals surface area (Å²) in [6, 6.07) is 12.1. The van der Waals surface area contributed by atoms with E-state index in [2.05, 4.69) is 10.0 Å². The number of hydrogen-bond donors (Lipinski definition) is 2. The maximum absolute atomic E-state index is 12.2. The van der Waals surface area contributed by atoms with Crippen molar-refractivity contribution in [1.29, 1.82) is 5.26 Å². The zero-order valence-corrected chi connectivity index (χ0v) is 18.1. The largest absolute Gasteiger partial charge is 0.494 e. The third kappa shape index (κ3) is 7.57. The number of anilines is 1. The molecule has 0 radical (unpaired) electrons. The van der Waals surface area contributed by atoms with Crippen LogP contribution < -0.4 is 14.8 Å². The number of sulfonamides is 1. The average molecular weight is 466 g/mol. The molecule has 0 atom stereocenters.